The molecule has 74 valence electrons. The lowest BCUT2D eigenvalue weighted by atomic mass is 10.2. The summed E-state index contributed by atoms with van der Waals surface area (Å²) in [6.07, 6.45) is -0.967. The smallest absolute Gasteiger partial charge is 0.242 e. The van der Waals surface area contributed by atoms with Gasteiger partial charge in [-0.2, -0.15) is 0 Å². The van der Waals surface area contributed by atoms with Crippen LogP contribution in [0.1, 0.15) is 13.3 Å². The zero-order valence-corrected chi connectivity index (χ0v) is 7.71. The average Bonchev–Trinajstić information content (AvgIpc) is 2.46. The molecule has 0 bridgehead atoms. The van der Waals surface area contributed by atoms with Gasteiger partial charge in [0.2, 0.25) is 11.8 Å². The number of rotatable bonds is 1. The number of hydrogen-bond acceptors (Lipinski definition) is 2. The molecule has 1 aliphatic rings. The van der Waals surface area contributed by atoms with E-state index < -0.39 is 12.2 Å². The highest BCUT2D eigenvalue weighted by Crippen LogP contribution is 2.20. The SMILES string of the molecule is CNC(=O)[C@@H]1C[C@@H](F)CN1C(C)=O. The van der Waals surface area contributed by atoms with E-state index in [1.165, 1.54) is 18.9 Å². The second-order valence-electron chi connectivity index (χ2n) is 3.13. The number of carbonyl (C=O) groups excluding carboxylic acids is 2. The zero-order chi connectivity index (χ0) is 10.0. The van der Waals surface area contributed by atoms with Gasteiger partial charge in [0.05, 0.1) is 6.54 Å². The topological polar surface area (TPSA) is 49.4 Å². The molecule has 1 saturated heterocycles. The van der Waals surface area contributed by atoms with Crippen LogP contribution in [0, 0.1) is 0 Å². The van der Waals surface area contributed by atoms with Gasteiger partial charge in [0.25, 0.3) is 0 Å². The molecular formula is C8H13FN2O2. The molecule has 0 aliphatic carbocycles. The van der Waals surface area contributed by atoms with E-state index in [2.05, 4.69) is 5.32 Å². The lowest BCUT2D eigenvalue weighted by molar-refractivity contribution is -0.136. The third-order valence-electron chi connectivity index (χ3n) is 2.20. The Kier molecular flexibility index (Phi) is 2.85. The van der Waals surface area contributed by atoms with Crippen LogP contribution in [-0.2, 0) is 9.59 Å². The number of hydrogen-bond donors (Lipinski definition) is 1. The predicted octanol–water partition coefficient (Wildman–Crippen LogP) is -0.309. The Labute approximate surface area is 76.1 Å². The molecule has 1 N–H and O–H groups in total. The van der Waals surface area contributed by atoms with Gasteiger partial charge < -0.3 is 10.2 Å². The van der Waals surface area contributed by atoms with E-state index in [0.29, 0.717) is 0 Å². The Morgan fingerprint density at radius 3 is 2.62 bits per heavy atom. The van der Waals surface area contributed by atoms with Crippen molar-refractivity contribution in [1.82, 2.24) is 10.2 Å². The lowest BCUT2D eigenvalue weighted by Crippen LogP contribution is -2.43. The Hall–Kier alpha value is -1.13. The molecule has 0 unspecified atom stereocenters. The summed E-state index contributed by atoms with van der Waals surface area (Å²) in [4.78, 5) is 23.5. The van der Waals surface area contributed by atoms with E-state index in [1.54, 1.807) is 0 Å². The van der Waals surface area contributed by atoms with Crippen LogP contribution >= 0.6 is 0 Å². The molecule has 5 heteroatoms. The molecule has 0 radical (unpaired) electrons. The number of halogens is 1. The first-order chi connectivity index (χ1) is 6.06. The van der Waals surface area contributed by atoms with Crippen LogP contribution in [0.5, 0.6) is 0 Å². The van der Waals surface area contributed by atoms with Crippen molar-refractivity contribution in [2.24, 2.45) is 0 Å². The molecular weight excluding hydrogens is 175 g/mol. The van der Waals surface area contributed by atoms with Gasteiger partial charge in [-0.3, -0.25) is 9.59 Å². The number of carbonyl (C=O) groups is 2. The van der Waals surface area contributed by atoms with Crippen LogP contribution < -0.4 is 5.32 Å². The van der Waals surface area contributed by atoms with Crippen LogP contribution in [0.15, 0.2) is 0 Å². The molecule has 0 spiro atoms. The highest BCUT2D eigenvalue weighted by molar-refractivity contribution is 5.87. The Morgan fingerprint density at radius 2 is 2.15 bits per heavy atom. The molecule has 0 aromatic heterocycles. The van der Waals surface area contributed by atoms with Crippen molar-refractivity contribution in [3.8, 4) is 0 Å². The molecule has 1 heterocycles. The van der Waals surface area contributed by atoms with Crippen molar-refractivity contribution < 1.29 is 14.0 Å². The summed E-state index contributed by atoms with van der Waals surface area (Å²) >= 11 is 0. The molecule has 13 heavy (non-hydrogen) atoms. The monoisotopic (exact) mass is 188 g/mol. The second-order valence-corrected chi connectivity index (χ2v) is 3.13. The van der Waals surface area contributed by atoms with Gasteiger partial charge >= 0.3 is 0 Å². The van der Waals surface area contributed by atoms with E-state index in [9.17, 15) is 14.0 Å². The number of nitrogens with one attached hydrogen (secondary N) is 1. The summed E-state index contributed by atoms with van der Waals surface area (Å²) in [5.41, 5.74) is 0. The number of likely N-dealkylation sites (N-methyl/N-ethyl adjacent to an activating group) is 1. The van der Waals surface area contributed by atoms with Crippen LogP contribution in [-0.4, -0.2) is 42.5 Å². The van der Waals surface area contributed by atoms with Gasteiger partial charge in [-0.25, -0.2) is 4.39 Å². The number of amides is 2. The van der Waals surface area contributed by atoms with E-state index in [4.69, 9.17) is 0 Å². The predicted molar refractivity (Wildman–Crippen MR) is 44.8 cm³/mol. The first kappa shape index (κ1) is 9.95. The normalized spacial score (nSPS) is 27.5. The van der Waals surface area contributed by atoms with Crippen molar-refractivity contribution in [2.75, 3.05) is 13.6 Å². The van der Waals surface area contributed by atoms with Gasteiger partial charge in [-0.05, 0) is 0 Å². The number of likely N-dealkylation sites (tertiary alicyclic amines) is 1. The molecule has 1 rings (SSSR count). The van der Waals surface area contributed by atoms with Crippen molar-refractivity contribution in [1.29, 1.82) is 0 Å². The standard InChI is InChI=1S/C8H13FN2O2/c1-5(12)11-4-6(9)3-7(11)8(13)10-2/h6-7H,3-4H2,1-2H3,(H,10,13)/t6-,7+/m1/s1. The molecule has 4 nitrogen and oxygen atoms in total. The maximum atomic E-state index is 12.9. The van der Waals surface area contributed by atoms with Crippen LogP contribution in [0.4, 0.5) is 4.39 Å². The minimum absolute atomic E-state index is 0.0351. The van der Waals surface area contributed by atoms with Crippen LogP contribution in [0.2, 0.25) is 0 Å². The lowest BCUT2D eigenvalue weighted by Gasteiger charge is -2.20. The van der Waals surface area contributed by atoms with E-state index in [1.807, 2.05) is 0 Å². The maximum Gasteiger partial charge on any atom is 0.242 e. The zero-order valence-electron chi connectivity index (χ0n) is 7.71. The minimum atomic E-state index is -1.08. The summed E-state index contributed by atoms with van der Waals surface area (Å²) < 4.78 is 12.9. The molecule has 0 aromatic carbocycles. The summed E-state index contributed by atoms with van der Waals surface area (Å²) in [6.45, 7) is 1.38. The third-order valence-corrected chi connectivity index (χ3v) is 2.20. The van der Waals surface area contributed by atoms with Gasteiger partial charge in [0.15, 0.2) is 0 Å². The Bertz CT molecular complexity index is 232. The second kappa shape index (κ2) is 3.72. The third kappa shape index (κ3) is 1.96. The summed E-state index contributed by atoms with van der Waals surface area (Å²) in [5, 5.41) is 2.41. The molecule has 1 aliphatic heterocycles. The summed E-state index contributed by atoms with van der Waals surface area (Å²) in [7, 11) is 1.48. The molecule has 2 amide bonds. The summed E-state index contributed by atoms with van der Waals surface area (Å²) in [5.74, 6) is -0.552. The van der Waals surface area contributed by atoms with Crippen LogP contribution in [0.25, 0.3) is 0 Å². The number of alkyl halides is 1. The average molecular weight is 188 g/mol. The van der Waals surface area contributed by atoms with Crippen molar-refractivity contribution in [3.63, 3.8) is 0 Å². The van der Waals surface area contributed by atoms with Crippen molar-refractivity contribution in [3.05, 3.63) is 0 Å². The molecule has 2 atom stereocenters. The Balaban J connectivity index is 2.71. The Morgan fingerprint density at radius 1 is 1.54 bits per heavy atom. The minimum Gasteiger partial charge on any atom is -0.357 e. The van der Waals surface area contributed by atoms with Gasteiger partial charge in [-0.15, -0.1) is 0 Å². The molecule has 0 aromatic rings. The first-order valence-corrected chi connectivity index (χ1v) is 4.19. The molecule has 1 fully saturated rings. The van der Waals surface area contributed by atoms with Gasteiger partial charge in [-0.1, -0.05) is 0 Å². The van der Waals surface area contributed by atoms with E-state index in [0.717, 1.165) is 0 Å². The maximum absolute atomic E-state index is 12.9. The van der Waals surface area contributed by atoms with Crippen molar-refractivity contribution >= 4 is 11.8 Å². The quantitative estimate of drug-likeness (QED) is 0.613. The largest absolute Gasteiger partial charge is 0.357 e. The fourth-order valence-corrected chi connectivity index (χ4v) is 1.55. The fraction of sp³-hybridized carbons (Fsp3) is 0.750. The fourth-order valence-electron chi connectivity index (χ4n) is 1.55. The van der Waals surface area contributed by atoms with Gasteiger partial charge in [0.1, 0.15) is 12.2 Å². The van der Waals surface area contributed by atoms with E-state index >= 15 is 0 Å². The highest BCUT2D eigenvalue weighted by Gasteiger charge is 2.37. The van der Waals surface area contributed by atoms with Gasteiger partial charge in [0, 0.05) is 20.4 Å². The van der Waals surface area contributed by atoms with Crippen molar-refractivity contribution in [2.45, 2.75) is 25.6 Å². The van der Waals surface area contributed by atoms with E-state index in [-0.39, 0.29) is 24.8 Å². The molecule has 0 saturated carbocycles. The summed E-state index contributed by atoms with van der Waals surface area (Å²) in [6, 6.07) is -0.627. The number of nitrogens with zero attached hydrogens (tertiary/aromatic N) is 1. The van der Waals surface area contributed by atoms with Crippen LogP contribution in [0.3, 0.4) is 0 Å². The first-order valence-electron chi connectivity index (χ1n) is 4.19. The highest BCUT2D eigenvalue weighted by atomic mass is 19.1.